The molecule has 0 saturated carbocycles. The van der Waals surface area contributed by atoms with E-state index in [1.165, 1.54) is 5.56 Å². The number of carbonyl (C=O) groups is 1. The summed E-state index contributed by atoms with van der Waals surface area (Å²) in [4.78, 5) is 25.4. The molecular formula is C17H18N4O. The van der Waals surface area contributed by atoms with Gasteiger partial charge in [0.1, 0.15) is 6.33 Å². The Bertz CT molecular complexity index is 688. The fourth-order valence-electron chi connectivity index (χ4n) is 3.40. The van der Waals surface area contributed by atoms with Crippen LogP contribution < -0.4 is 4.90 Å². The molecule has 1 fully saturated rings. The Morgan fingerprint density at radius 1 is 1.14 bits per heavy atom. The van der Waals surface area contributed by atoms with Crippen LogP contribution in [0.5, 0.6) is 0 Å². The molecule has 1 amide bonds. The lowest BCUT2D eigenvalue weighted by Gasteiger charge is -2.31. The van der Waals surface area contributed by atoms with Gasteiger partial charge in [-0.3, -0.25) is 9.69 Å². The van der Waals surface area contributed by atoms with Crippen molar-refractivity contribution in [2.45, 2.75) is 25.4 Å². The molecule has 2 aromatic rings. The number of carbonyl (C=O) groups excluding carboxylic acids is 1. The number of nitrogens with zero attached hydrogens (tertiary/aromatic N) is 4. The summed E-state index contributed by atoms with van der Waals surface area (Å²) < 4.78 is 0. The maximum atomic E-state index is 12.8. The van der Waals surface area contributed by atoms with Gasteiger partial charge in [0.15, 0.2) is 0 Å². The molecule has 5 heteroatoms. The number of hydrogen-bond donors (Lipinski definition) is 0. The summed E-state index contributed by atoms with van der Waals surface area (Å²) >= 11 is 0. The number of benzene rings is 1. The summed E-state index contributed by atoms with van der Waals surface area (Å²) in [5.41, 5.74) is 3.27. The van der Waals surface area contributed by atoms with Crippen LogP contribution >= 0.6 is 0 Å². The maximum absolute atomic E-state index is 12.8. The molecule has 4 rings (SSSR count). The summed E-state index contributed by atoms with van der Waals surface area (Å²) in [7, 11) is 0. The highest BCUT2D eigenvalue weighted by Crippen LogP contribution is 2.27. The molecule has 22 heavy (non-hydrogen) atoms. The number of hydrogen-bond acceptors (Lipinski definition) is 4. The van der Waals surface area contributed by atoms with Gasteiger partial charge in [-0.1, -0.05) is 18.2 Å². The van der Waals surface area contributed by atoms with E-state index in [1.807, 2.05) is 41.4 Å². The smallest absolute Gasteiger partial charge is 0.244 e. The summed E-state index contributed by atoms with van der Waals surface area (Å²) in [5, 5.41) is 0. The van der Waals surface area contributed by atoms with Gasteiger partial charge in [-0.2, -0.15) is 0 Å². The van der Waals surface area contributed by atoms with Gasteiger partial charge in [-0.05, 0) is 30.5 Å². The lowest BCUT2D eigenvalue weighted by Crippen LogP contribution is -2.44. The Balaban J connectivity index is 1.52. The van der Waals surface area contributed by atoms with Crippen molar-refractivity contribution in [2.75, 3.05) is 18.0 Å². The van der Waals surface area contributed by atoms with Crippen LogP contribution in [0.2, 0.25) is 0 Å². The zero-order valence-electron chi connectivity index (χ0n) is 12.4. The third-order valence-electron chi connectivity index (χ3n) is 4.59. The Morgan fingerprint density at radius 2 is 2.00 bits per heavy atom. The van der Waals surface area contributed by atoms with Crippen molar-refractivity contribution < 1.29 is 4.79 Å². The van der Waals surface area contributed by atoms with E-state index in [-0.39, 0.29) is 11.9 Å². The molecule has 1 saturated heterocycles. The lowest BCUT2D eigenvalue weighted by molar-refractivity contribution is -0.122. The predicted octanol–water partition coefficient (Wildman–Crippen LogP) is 1.64. The standard InChI is InChI=1S/C17H18N4O/c22-17-16(7-9-21(17)14-4-2-1-3-5-14)20-8-6-13-10-18-12-19-15(13)11-20/h1-5,10,12,16H,6-9,11H2. The van der Waals surface area contributed by atoms with Crippen LogP contribution in [0.25, 0.3) is 0 Å². The molecule has 1 aromatic heterocycles. The van der Waals surface area contributed by atoms with Gasteiger partial charge in [-0.25, -0.2) is 9.97 Å². The van der Waals surface area contributed by atoms with Gasteiger partial charge in [0.25, 0.3) is 0 Å². The topological polar surface area (TPSA) is 49.3 Å². The van der Waals surface area contributed by atoms with E-state index in [0.29, 0.717) is 0 Å². The normalized spacial score (nSPS) is 21.9. The third-order valence-corrected chi connectivity index (χ3v) is 4.59. The quantitative estimate of drug-likeness (QED) is 0.845. The number of para-hydroxylation sites is 1. The van der Waals surface area contributed by atoms with Crippen molar-refractivity contribution in [3.63, 3.8) is 0 Å². The molecule has 0 aliphatic carbocycles. The zero-order valence-corrected chi connectivity index (χ0v) is 12.4. The van der Waals surface area contributed by atoms with Crippen molar-refractivity contribution in [3.8, 4) is 0 Å². The summed E-state index contributed by atoms with van der Waals surface area (Å²) in [5.74, 6) is 0.212. The van der Waals surface area contributed by atoms with E-state index in [2.05, 4.69) is 14.9 Å². The molecule has 0 bridgehead atoms. The average molecular weight is 294 g/mol. The van der Waals surface area contributed by atoms with E-state index < -0.39 is 0 Å². The van der Waals surface area contributed by atoms with E-state index in [9.17, 15) is 4.79 Å². The minimum Gasteiger partial charge on any atom is -0.311 e. The minimum absolute atomic E-state index is 0.0247. The van der Waals surface area contributed by atoms with Gasteiger partial charge in [-0.15, -0.1) is 0 Å². The molecule has 1 aromatic carbocycles. The van der Waals surface area contributed by atoms with E-state index >= 15 is 0 Å². The van der Waals surface area contributed by atoms with Crippen molar-refractivity contribution in [3.05, 3.63) is 54.1 Å². The van der Waals surface area contributed by atoms with Crippen LogP contribution in [0.3, 0.4) is 0 Å². The SMILES string of the molecule is O=C1C(N2CCc3cncnc3C2)CCN1c1ccccc1. The summed E-state index contributed by atoms with van der Waals surface area (Å²) in [6, 6.07) is 9.90. The second-order valence-corrected chi connectivity index (χ2v) is 5.85. The first-order valence-corrected chi connectivity index (χ1v) is 7.71. The Morgan fingerprint density at radius 3 is 2.86 bits per heavy atom. The molecule has 1 atom stereocenters. The summed E-state index contributed by atoms with van der Waals surface area (Å²) in [6.45, 7) is 2.44. The van der Waals surface area contributed by atoms with Crippen molar-refractivity contribution in [1.82, 2.24) is 14.9 Å². The van der Waals surface area contributed by atoms with Gasteiger partial charge in [0.05, 0.1) is 11.7 Å². The highest BCUT2D eigenvalue weighted by molar-refractivity contribution is 5.99. The Labute approximate surface area is 129 Å². The fraction of sp³-hybridized carbons (Fsp3) is 0.353. The molecule has 3 heterocycles. The number of fused-ring (bicyclic) bond motifs is 1. The molecule has 5 nitrogen and oxygen atoms in total. The molecule has 0 radical (unpaired) electrons. The molecule has 0 spiro atoms. The van der Waals surface area contributed by atoms with Crippen LogP contribution in [0.1, 0.15) is 17.7 Å². The molecule has 0 N–H and O–H groups in total. The second-order valence-electron chi connectivity index (χ2n) is 5.85. The first-order chi connectivity index (χ1) is 10.8. The van der Waals surface area contributed by atoms with Gasteiger partial charge in [0.2, 0.25) is 5.91 Å². The van der Waals surface area contributed by atoms with Crippen molar-refractivity contribution >= 4 is 11.6 Å². The van der Waals surface area contributed by atoms with E-state index in [4.69, 9.17) is 0 Å². The third kappa shape index (κ3) is 2.27. The Kier molecular flexibility index (Phi) is 3.35. The van der Waals surface area contributed by atoms with Crippen molar-refractivity contribution in [2.24, 2.45) is 0 Å². The van der Waals surface area contributed by atoms with Crippen molar-refractivity contribution in [1.29, 1.82) is 0 Å². The van der Waals surface area contributed by atoms with Gasteiger partial charge < -0.3 is 4.90 Å². The molecule has 2 aliphatic heterocycles. The number of anilines is 1. The zero-order chi connectivity index (χ0) is 14.9. The maximum Gasteiger partial charge on any atom is 0.244 e. The van der Waals surface area contributed by atoms with Crippen LogP contribution in [0.15, 0.2) is 42.9 Å². The first kappa shape index (κ1) is 13.4. The fourth-order valence-corrected chi connectivity index (χ4v) is 3.40. The Hall–Kier alpha value is -2.27. The molecule has 1 unspecified atom stereocenters. The summed E-state index contributed by atoms with van der Waals surface area (Å²) in [6.07, 6.45) is 5.29. The minimum atomic E-state index is -0.0247. The van der Waals surface area contributed by atoms with Gasteiger partial charge in [0, 0.05) is 31.5 Å². The molecule has 2 aliphatic rings. The van der Waals surface area contributed by atoms with E-state index in [1.54, 1.807) is 6.33 Å². The number of aromatic nitrogens is 2. The highest BCUT2D eigenvalue weighted by Gasteiger charge is 2.37. The average Bonchev–Trinajstić information content (AvgIpc) is 2.97. The lowest BCUT2D eigenvalue weighted by atomic mass is 10.0. The highest BCUT2D eigenvalue weighted by atomic mass is 16.2. The second kappa shape index (κ2) is 5.50. The number of rotatable bonds is 2. The number of amides is 1. The monoisotopic (exact) mass is 294 g/mol. The van der Waals surface area contributed by atoms with E-state index in [0.717, 1.165) is 43.9 Å². The van der Waals surface area contributed by atoms with Crippen LogP contribution in [0.4, 0.5) is 5.69 Å². The van der Waals surface area contributed by atoms with Crippen LogP contribution in [-0.4, -0.2) is 39.9 Å². The van der Waals surface area contributed by atoms with Crippen LogP contribution in [0, 0.1) is 0 Å². The first-order valence-electron chi connectivity index (χ1n) is 7.71. The predicted molar refractivity (Wildman–Crippen MR) is 83.3 cm³/mol. The largest absolute Gasteiger partial charge is 0.311 e. The van der Waals surface area contributed by atoms with Gasteiger partial charge >= 0.3 is 0 Å². The van der Waals surface area contributed by atoms with Crippen LogP contribution in [-0.2, 0) is 17.8 Å². The molecule has 112 valence electrons. The molecular weight excluding hydrogens is 276 g/mol.